The van der Waals surface area contributed by atoms with Gasteiger partial charge in [-0.1, -0.05) is 0 Å². The van der Waals surface area contributed by atoms with Crippen molar-refractivity contribution in [1.82, 2.24) is 9.36 Å². The summed E-state index contributed by atoms with van der Waals surface area (Å²) in [5, 5.41) is 7.71. The summed E-state index contributed by atoms with van der Waals surface area (Å²) in [7, 11) is 1.46. The molecule has 1 aliphatic carbocycles. The Morgan fingerprint density at radius 1 is 1.29 bits per heavy atom. The molecule has 8 nitrogen and oxygen atoms in total. The van der Waals surface area contributed by atoms with E-state index in [-0.39, 0.29) is 17.0 Å². The monoisotopic (exact) mass is 288 g/mol. The Hall–Kier alpha value is -2.77. The molecule has 110 valence electrons. The van der Waals surface area contributed by atoms with E-state index in [1.54, 1.807) is 9.36 Å². The van der Waals surface area contributed by atoms with Gasteiger partial charge in [0.15, 0.2) is 11.5 Å². The number of nitrogen functional groups attached to an aromatic ring is 1. The molecule has 8 heteroatoms. The second kappa shape index (κ2) is 4.65. The molecule has 2 aliphatic rings. The SMILES string of the molecule is COC1=C/C(=N\c2c(N)n3n(c2=O)CCC3)C(N)=CC1=N. The fourth-order valence-corrected chi connectivity index (χ4v) is 2.50. The summed E-state index contributed by atoms with van der Waals surface area (Å²) in [5.74, 6) is 0.680. The smallest absolute Gasteiger partial charge is 0.294 e. The van der Waals surface area contributed by atoms with Crippen molar-refractivity contribution in [2.75, 3.05) is 12.8 Å². The zero-order chi connectivity index (χ0) is 15.1. The third-order valence-electron chi connectivity index (χ3n) is 3.57. The Morgan fingerprint density at radius 2 is 2.00 bits per heavy atom. The lowest BCUT2D eigenvalue weighted by atomic mass is 10.1. The van der Waals surface area contributed by atoms with Gasteiger partial charge in [0.1, 0.15) is 5.76 Å². The van der Waals surface area contributed by atoms with Gasteiger partial charge in [-0.15, -0.1) is 0 Å². The zero-order valence-electron chi connectivity index (χ0n) is 11.6. The van der Waals surface area contributed by atoms with Gasteiger partial charge in [-0.25, -0.2) is 9.67 Å². The topological polar surface area (TPSA) is 124 Å². The van der Waals surface area contributed by atoms with Crippen LogP contribution in [0, 0.1) is 5.41 Å². The van der Waals surface area contributed by atoms with E-state index in [1.165, 1.54) is 19.3 Å². The van der Waals surface area contributed by atoms with Crippen molar-refractivity contribution in [3.8, 4) is 0 Å². The van der Waals surface area contributed by atoms with Gasteiger partial charge in [-0.2, -0.15) is 0 Å². The first-order valence-corrected chi connectivity index (χ1v) is 6.53. The molecule has 0 spiro atoms. The maximum absolute atomic E-state index is 12.3. The second-order valence-electron chi connectivity index (χ2n) is 4.86. The highest BCUT2D eigenvalue weighted by atomic mass is 16.5. The van der Waals surface area contributed by atoms with Gasteiger partial charge in [0.25, 0.3) is 5.56 Å². The van der Waals surface area contributed by atoms with Crippen LogP contribution in [0.5, 0.6) is 0 Å². The number of hydrogen-bond acceptors (Lipinski definition) is 6. The van der Waals surface area contributed by atoms with Crippen LogP contribution >= 0.6 is 0 Å². The number of hydrogen-bond donors (Lipinski definition) is 3. The van der Waals surface area contributed by atoms with E-state index in [1.807, 2.05) is 0 Å². The highest BCUT2D eigenvalue weighted by Crippen LogP contribution is 2.23. The van der Waals surface area contributed by atoms with Gasteiger partial charge in [-0.05, 0) is 12.5 Å². The van der Waals surface area contributed by atoms with E-state index >= 15 is 0 Å². The van der Waals surface area contributed by atoms with Crippen LogP contribution in [0.2, 0.25) is 0 Å². The van der Waals surface area contributed by atoms with Gasteiger partial charge in [0.2, 0.25) is 0 Å². The van der Waals surface area contributed by atoms with Gasteiger partial charge in [0, 0.05) is 19.2 Å². The summed E-state index contributed by atoms with van der Waals surface area (Å²) < 4.78 is 8.39. The summed E-state index contributed by atoms with van der Waals surface area (Å²) in [6.45, 7) is 1.35. The molecule has 0 saturated carbocycles. The normalized spacial score (nSPS) is 19.5. The number of ether oxygens (including phenoxy) is 1. The van der Waals surface area contributed by atoms with Gasteiger partial charge >= 0.3 is 0 Å². The standard InChI is InChI=1S/C13H16N6O2/c1-21-10-6-9(7(14)5-8(10)15)17-11-12(16)18-3-2-4-19(18)13(11)20/h5-6,15H,2-4,14,16H2,1H3/b15-8?,17-9+. The van der Waals surface area contributed by atoms with Crippen LogP contribution in [0.15, 0.2) is 33.4 Å². The van der Waals surface area contributed by atoms with E-state index in [4.69, 9.17) is 21.6 Å². The highest BCUT2D eigenvalue weighted by molar-refractivity contribution is 6.22. The molecule has 1 aromatic heterocycles. The van der Waals surface area contributed by atoms with E-state index in [0.717, 1.165) is 6.42 Å². The maximum Gasteiger partial charge on any atom is 0.294 e. The lowest BCUT2D eigenvalue weighted by Gasteiger charge is -2.12. The molecule has 21 heavy (non-hydrogen) atoms. The van der Waals surface area contributed by atoms with Crippen LogP contribution in [0.25, 0.3) is 0 Å². The predicted molar refractivity (Wildman–Crippen MR) is 79.9 cm³/mol. The van der Waals surface area contributed by atoms with Crippen LogP contribution in [-0.2, 0) is 17.8 Å². The Kier molecular flexibility index (Phi) is 2.93. The van der Waals surface area contributed by atoms with Crippen LogP contribution < -0.4 is 17.0 Å². The zero-order valence-corrected chi connectivity index (χ0v) is 11.6. The third-order valence-corrected chi connectivity index (χ3v) is 3.57. The minimum absolute atomic E-state index is 0.165. The first-order valence-electron chi connectivity index (χ1n) is 6.53. The Bertz CT molecular complexity index is 777. The number of nitrogens with two attached hydrogens (primary N) is 2. The number of allylic oxidation sites excluding steroid dienone is 2. The number of nitrogens with one attached hydrogen (secondary N) is 1. The Labute approximate surface area is 120 Å². The number of fused-ring (bicyclic) bond motifs is 1. The quantitative estimate of drug-likeness (QED) is 0.668. The lowest BCUT2D eigenvalue weighted by molar-refractivity contribution is 0.315. The van der Waals surface area contributed by atoms with Crippen molar-refractivity contribution < 1.29 is 4.74 Å². The van der Waals surface area contributed by atoms with Crippen LogP contribution in [0.1, 0.15) is 6.42 Å². The second-order valence-corrected chi connectivity index (χ2v) is 4.86. The van der Waals surface area contributed by atoms with Crippen molar-refractivity contribution in [2.45, 2.75) is 19.5 Å². The molecule has 5 N–H and O–H groups in total. The molecule has 0 amide bonds. The fraction of sp³-hybridized carbons (Fsp3) is 0.308. The van der Waals surface area contributed by atoms with Gasteiger partial charge in [-0.3, -0.25) is 14.9 Å². The van der Waals surface area contributed by atoms with Gasteiger partial charge in [0.05, 0.1) is 24.2 Å². The lowest BCUT2D eigenvalue weighted by Crippen LogP contribution is -2.20. The number of nitrogens with zero attached hydrogens (tertiary/aromatic N) is 3. The van der Waals surface area contributed by atoms with E-state index in [2.05, 4.69) is 4.99 Å². The Balaban J connectivity index is 2.11. The minimum Gasteiger partial charge on any atom is -0.494 e. The molecule has 0 saturated heterocycles. The molecule has 0 bridgehead atoms. The van der Waals surface area contributed by atoms with Crippen LogP contribution in [0.4, 0.5) is 11.5 Å². The van der Waals surface area contributed by atoms with Crippen molar-refractivity contribution in [1.29, 1.82) is 5.41 Å². The molecule has 1 aliphatic heterocycles. The summed E-state index contributed by atoms with van der Waals surface area (Å²) in [6.07, 6.45) is 3.86. The maximum atomic E-state index is 12.3. The number of rotatable bonds is 2. The molecular formula is C13H16N6O2. The van der Waals surface area contributed by atoms with Crippen molar-refractivity contribution >= 4 is 22.9 Å². The average Bonchev–Trinajstić information content (AvgIpc) is 3.01. The largest absolute Gasteiger partial charge is 0.494 e. The summed E-state index contributed by atoms with van der Waals surface area (Å²) in [4.78, 5) is 16.6. The third kappa shape index (κ3) is 1.95. The minimum atomic E-state index is -0.224. The first kappa shape index (κ1) is 13.2. The summed E-state index contributed by atoms with van der Waals surface area (Å²) in [6, 6.07) is 0. The van der Waals surface area contributed by atoms with E-state index < -0.39 is 0 Å². The van der Waals surface area contributed by atoms with Crippen LogP contribution in [0.3, 0.4) is 0 Å². The number of methoxy groups -OCH3 is 1. The molecule has 0 aromatic carbocycles. The Morgan fingerprint density at radius 3 is 2.67 bits per heavy atom. The molecule has 0 radical (unpaired) electrons. The predicted octanol–water partition coefficient (Wildman–Crippen LogP) is 0.114. The van der Waals surface area contributed by atoms with Crippen molar-refractivity contribution in [3.05, 3.63) is 34.0 Å². The molecule has 0 atom stereocenters. The molecule has 0 fully saturated rings. The fourth-order valence-electron chi connectivity index (χ4n) is 2.50. The van der Waals surface area contributed by atoms with Gasteiger partial charge < -0.3 is 16.2 Å². The highest BCUT2D eigenvalue weighted by Gasteiger charge is 2.22. The summed E-state index contributed by atoms with van der Waals surface area (Å²) in [5.41, 5.74) is 12.6. The first-order chi connectivity index (χ1) is 10.0. The van der Waals surface area contributed by atoms with E-state index in [9.17, 15) is 4.79 Å². The van der Waals surface area contributed by atoms with E-state index in [0.29, 0.717) is 36.1 Å². The molecule has 3 rings (SSSR count). The van der Waals surface area contributed by atoms with Crippen molar-refractivity contribution in [3.63, 3.8) is 0 Å². The number of aromatic nitrogens is 2. The molecule has 0 unspecified atom stereocenters. The molecule has 2 heterocycles. The van der Waals surface area contributed by atoms with Crippen LogP contribution in [-0.4, -0.2) is 27.9 Å². The number of aliphatic imine (C=N–C) groups is 1. The van der Waals surface area contributed by atoms with Crippen molar-refractivity contribution in [2.24, 2.45) is 10.7 Å². The molecular weight excluding hydrogens is 272 g/mol. The molecule has 1 aromatic rings. The average molecular weight is 288 g/mol. The summed E-state index contributed by atoms with van der Waals surface area (Å²) >= 11 is 0. The number of anilines is 1.